The normalized spacial score (nSPS) is 10.3. The van der Waals surface area contributed by atoms with E-state index in [4.69, 9.17) is 9.47 Å². The van der Waals surface area contributed by atoms with E-state index in [0.717, 1.165) is 17.5 Å². The minimum atomic E-state index is 0.412. The van der Waals surface area contributed by atoms with Crippen molar-refractivity contribution in [3.8, 4) is 28.6 Å². The predicted octanol–water partition coefficient (Wildman–Crippen LogP) is 4.48. The largest absolute Gasteiger partial charge is 0.493 e. The van der Waals surface area contributed by atoms with Crippen molar-refractivity contribution in [2.45, 2.75) is 5.16 Å². The van der Waals surface area contributed by atoms with E-state index in [2.05, 4.69) is 9.97 Å². The van der Waals surface area contributed by atoms with E-state index in [0.29, 0.717) is 28.1 Å². The molecular formula is C19H16N2O3S. The molecule has 0 aliphatic rings. The van der Waals surface area contributed by atoms with Gasteiger partial charge in [-0.25, -0.2) is 4.98 Å². The number of nitrogens with zero attached hydrogens (tertiary/aromatic N) is 2. The van der Waals surface area contributed by atoms with Crippen LogP contribution in [-0.4, -0.2) is 29.6 Å². The lowest BCUT2D eigenvalue weighted by atomic mass is 10.1. The molecule has 3 aromatic rings. The highest BCUT2D eigenvalue weighted by Gasteiger charge is 2.11. The molecule has 25 heavy (non-hydrogen) atoms. The summed E-state index contributed by atoms with van der Waals surface area (Å²) in [7, 11) is 1.53. The minimum Gasteiger partial charge on any atom is -0.493 e. The standard InChI is InChI=1S/C19H16N2O3S/c1-23-17-10-13(12-22)8-9-16(17)24-18-11-15(20-19(21-18)25-2)14-6-4-3-5-7-14/h3-12H,1-2H3. The molecule has 3 rings (SSSR count). The van der Waals surface area contributed by atoms with Crippen LogP contribution in [0, 0.1) is 0 Å². The van der Waals surface area contributed by atoms with Gasteiger partial charge in [0.1, 0.15) is 6.29 Å². The van der Waals surface area contributed by atoms with Crippen LogP contribution in [0.25, 0.3) is 11.3 Å². The molecule has 0 radical (unpaired) electrons. The van der Waals surface area contributed by atoms with Gasteiger partial charge in [-0.05, 0) is 24.5 Å². The van der Waals surface area contributed by atoms with Crippen LogP contribution in [0.3, 0.4) is 0 Å². The summed E-state index contributed by atoms with van der Waals surface area (Å²) in [6.45, 7) is 0. The van der Waals surface area contributed by atoms with Crippen LogP contribution >= 0.6 is 11.8 Å². The molecule has 0 amide bonds. The summed E-state index contributed by atoms with van der Waals surface area (Å²) in [5, 5.41) is 0.611. The van der Waals surface area contributed by atoms with Crippen LogP contribution in [0.15, 0.2) is 59.8 Å². The van der Waals surface area contributed by atoms with Crippen molar-refractivity contribution in [2.75, 3.05) is 13.4 Å². The average Bonchev–Trinajstić information content (AvgIpc) is 2.68. The second-order valence-electron chi connectivity index (χ2n) is 5.07. The summed E-state index contributed by atoms with van der Waals surface area (Å²) >= 11 is 1.44. The Labute approximate surface area is 150 Å². The first kappa shape index (κ1) is 17.0. The van der Waals surface area contributed by atoms with Crippen molar-refractivity contribution in [1.29, 1.82) is 0 Å². The molecule has 0 aliphatic carbocycles. The van der Waals surface area contributed by atoms with Crippen molar-refractivity contribution in [1.82, 2.24) is 9.97 Å². The fourth-order valence-electron chi connectivity index (χ4n) is 2.26. The Morgan fingerprint density at radius 1 is 1.00 bits per heavy atom. The Balaban J connectivity index is 1.99. The van der Waals surface area contributed by atoms with E-state index in [1.165, 1.54) is 18.9 Å². The first-order chi connectivity index (χ1) is 12.2. The Morgan fingerprint density at radius 2 is 1.80 bits per heavy atom. The van der Waals surface area contributed by atoms with Crippen molar-refractivity contribution in [3.63, 3.8) is 0 Å². The van der Waals surface area contributed by atoms with Crippen molar-refractivity contribution < 1.29 is 14.3 Å². The predicted molar refractivity (Wildman–Crippen MR) is 97.7 cm³/mol. The first-order valence-corrected chi connectivity index (χ1v) is 8.75. The van der Waals surface area contributed by atoms with Crippen LogP contribution in [0.5, 0.6) is 17.4 Å². The second-order valence-corrected chi connectivity index (χ2v) is 5.85. The van der Waals surface area contributed by atoms with Gasteiger partial charge in [-0.2, -0.15) is 4.98 Å². The van der Waals surface area contributed by atoms with E-state index in [1.807, 2.05) is 36.6 Å². The summed E-state index contributed by atoms with van der Waals surface area (Å²) in [6.07, 6.45) is 2.67. The maximum atomic E-state index is 10.9. The highest BCUT2D eigenvalue weighted by Crippen LogP contribution is 2.33. The number of aldehydes is 1. The first-order valence-electron chi connectivity index (χ1n) is 7.53. The summed E-state index contributed by atoms with van der Waals surface area (Å²) in [5.41, 5.74) is 2.27. The molecule has 0 N–H and O–H groups in total. The molecule has 0 spiro atoms. The number of carbonyl (C=O) groups excluding carboxylic acids is 1. The molecule has 126 valence electrons. The number of rotatable bonds is 6. The molecule has 5 nitrogen and oxygen atoms in total. The molecule has 0 unspecified atom stereocenters. The number of benzene rings is 2. The lowest BCUT2D eigenvalue weighted by Crippen LogP contribution is -1.97. The third-order valence-electron chi connectivity index (χ3n) is 3.47. The van der Waals surface area contributed by atoms with E-state index < -0.39 is 0 Å². The lowest BCUT2D eigenvalue weighted by molar-refractivity contribution is 0.112. The zero-order chi connectivity index (χ0) is 17.6. The fourth-order valence-corrected chi connectivity index (χ4v) is 2.63. The summed E-state index contributed by atoms with van der Waals surface area (Å²) in [6, 6.07) is 16.6. The van der Waals surface area contributed by atoms with Gasteiger partial charge in [0.25, 0.3) is 0 Å². The topological polar surface area (TPSA) is 61.3 Å². The number of aromatic nitrogens is 2. The smallest absolute Gasteiger partial charge is 0.224 e. The zero-order valence-electron chi connectivity index (χ0n) is 13.8. The molecule has 1 heterocycles. The maximum Gasteiger partial charge on any atom is 0.224 e. The quantitative estimate of drug-likeness (QED) is 0.370. The molecule has 0 bridgehead atoms. The number of thioether (sulfide) groups is 1. The van der Waals surface area contributed by atoms with Crippen molar-refractivity contribution in [3.05, 3.63) is 60.2 Å². The average molecular weight is 352 g/mol. The number of methoxy groups -OCH3 is 1. The number of carbonyl (C=O) groups is 1. The van der Waals surface area contributed by atoms with Gasteiger partial charge in [0.05, 0.1) is 12.8 Å². The summed E-state index contributed by atoms with van der Waals surface area (Å²) in [5.74, 6) is 1.36. The third kappa shape index (κ3) is 3.97. The van der Waals surface area contributed by atoms with E-state index >= 15 is 0 Å². The van der Waals surface area contributed by atoms with Gasteiger partial charge in [-0.3, -0.25) is 4.79 Å². The van der Waals surface area contributed by atoms with Gasteiger partial charge >= 0.3 is 0 Å². The SMILES string of the molecule is COc1cc(C=O)ccc1Oc1cc(-c2ccccc2)nc(SC)n1. The van der Waals surface area contributed by atoms with Crippen LogP contribution < -0.4 is 9.47 Å². The van der Waals surface area contributed by atoms with Crippen LogP contribution in [0.4, 0.5) is 0 Å². The zero-order valence-corrected chi connectivity index (χ0v) is 14.6. The van der Waals surface area contributed by atoms with Gasteiger partial charge < -0.3 is 9.47 Å². The molecule has 2 aromatic carbocycles. The van der Waals surface area contributed by atoms with Crippen LogP contribution in [0.1, 0.15) is 10.4 Å². The minimum absolute atomic E-state index is 0.412. The Morgan fingerprint density at radius 3 is 2.48 bits per heavy atom. The van der Waals surface area contributed by atoms with Gasteiger partial charge in [-0.15, -0.1) is 0 Å². The van der Waals surface area contributed by atoms with Crippen molar-refractivity contribution >= 4 is 18.0 Å². The lowest BCUT2D eigenvalue weighted by Gasteiger charge is -2.11. The fraction of sp³-hybridized carbons (Fsp3) is 0.105. The number of ether oxygens (including phenoxy) is 2. The molecule has 0 saturated heterocycles. The summed E-state index contributed by atoms with van der Waals surface area (Å²) in [4.78, 5) is 19.8. The van der Waals surface area contributed by atoms with Crippen molar-refractivity contribution in [2.24, 2.45) is 0 Å². The molecule has 0 fully saturated rings. The number of hydrogen-bond acceptors (Lipinski definition) is 6. The molecule has 0 atom stereocenters. The van der Waals surface area contributed by atoms with E-state index in [9.17, 15) is 4.79 Å². The molecular weight excluding hydrogens is 336 g/mol. The van der Waals surface area contributed by atoms with Gasteiger partial charge in [0.2, 0.25) is 5.88 Å². The highest BCUT2D eigenvalue weighted by atomic mass is 32.2. The van der Waals surface area contributed by atoms with Gasteiger partial charge in [-0.1, -0.05) is 42.1 Å². The highest BCUT2D eigenvalue weighted by molar-refractivity contribution is 7.98. The molecule has 0 saturated carbocycles. The Kier molecular flexibility index (Phi) is 5.30. The molecule has 0 aliphatic heterocycles. The van der Waals surface area contributed by atoms with Gasteiger partial charge in [0.15, 0.2) is 16.7 Å². The molecule has 6 heteroatoms. The Hall–Kier alpha value is -2.86. The Bertz CT molecular complexity index is 885. The third-order valence-corrected chi connectivity index (χ3v) is 4.02. The maximum absolute atomic E-state index is 10.9. The van der Waals surface area contributed by atoms with E-state index in [1.54, 1.807) is 24.3 Å². The van der Waals surface area contributed by atoms with Crippen LogP contribution in [0.2, 0.25) is 0 Å². The molecule has 1 aromatic heterocycles. The monoisotopic (exact) mass is 352 g/mol. The van der Waals surface area contributed by atoms with Gasteiger partial charge in [0, 0.05) is 17.2 Å². The van der Waals surface area contributed by atoms with E-state index in [-0.39, 0.29) is 0 Å². The second kappa shape index (κ2) is 7.81. The van der Waals surface area contributed by atoms with Crippen LogP contribution in [-0.2, 0) is 0 Å². The number of hydrogen-bond donors (Lipinski definition) is 0. The summed E-state index contributed by atoms with van der Waals surface area (Å²) < 4.78 is 11.2.